The van der Waals surface area contributed by atoms with Gasteiger partial charge in [-0.2, -0.15) is 4.31 Å². The fraction of sp³-hybridized carbons (Fsp3) is 0.333. The Morgan fingerprint density at radius 2 is 1.92 bits per heavy atom. The van der Waals surface area contributed by atoms with E-state index in [9.17, 15) is 13.2 Å². The van der Waals surface area contributed by atoms with E-state index in [1.807, 2.05) is 0 Å². The summed E-state index contributed by atoms with van der Waals surface area (Å²) in [4.78, 5) is 16.0. The molecule has 2 heterocycles. The predicted octanol–water partition coefficient (Wildman–Crippen LogP) is 2.43. The molecule has 1 aromatic carbocycles. The Bertz CT molecular complexity index is 853. The third-order valence-corrected chi connectivity index (χ3v) is 6.45. The van der Waals surface area contributed by atoms with Crippen molar-refractivity contribution in [3.8, 4) is 0 Å². The maximum Gasteiger partial charge on any atom is 0.243 e. The molecule has 1 fully saturated rings. The van der Waals surface area contributed by atoms with Crippen LogP contribution in [-0.4, -0.2) is 37.1 Å². The van der Waals surface area contributed by atoms with Gasteiger partial charge in [0.25, 0.3) is 0 Å². The largest absolute Gasteiger partial charge is 0.398 e. The molecule has 1 saturated heterocycles. The minimum Gasteiger partial charge on any atom is -0.398 e. The normalized spacial score (nSPS) is 19.3. The quantitative estimate of drug-likeness (QED) is 0.846. The average Bonchev–Trinajstić information content (AvgIpc) is 2.89. The Balaban J connectivity index is 1.95. The molecule has 132 valence electrons. The van der Waals surface area contributed by atoms with Crippen LogP contribution >= 0.6 is 0 Å². The second-order valence-electron chi connectivity index (χ2n) is 6.19. The van der Waals surface area contributed by atoms with Crippen molar-refractivity contribution in [2.75, 3.05) is 18.8 Å². The number of aldehydes is 1. The molecule has 1 unspecified atom stereocenters. The van der Waals surface area contributed by atoms with Crippen LogP contribution in [0.2, 0.25) is 0 Å². The first-order valence-corrected chi connectivity index (χ1v) is 9.73. The number of nitrogens with two attached hydrogens (primary N) is 1. The van der Waals surface area contributed by atoms with Crippen molar-refractivity contribution < 1.29 is 13.2 Å². The van der Waals surface area contributed by atoms with Gasteiger partial charge in [0.1, 0.15) is 0 Å². The van der Waals surface area contributed by atoms with Crippen molar-refractivity contribution in [2.45, 2.75) is 30.1 Å². The number of nitrogen functional groups attached to an aromatic ring is 1. The van der Waals surface area contributed by atoms with Crippen LogP contribution in [0, 0.1) is 0 Å². The van der Waals surface area contributed by atoms with Gasteiger partial charge in [0.15, 0.2) is 6.29 Å². The smallest absolute Gasteiger partial charge is 0.243 e. The average molecular weight is 359 g/mol. The van der Waals surface area contributed by atoms with Gasteiger partial charge in [0.2, 0.25) is 10.0 Å². The fourth-order valence-corrected chi connectivity index (χ4v) is 4.79. The number of hydrogen-bond donors (Lipinski definition) is 1. The third-order valence-electron chi connectivity index (χ3n) is 4.57. The van der Waals surface area contributed by atoms with E-state index >= 15 is 0 Å². The van der Waals surface area contributed by atoms with Gasteiger partial charge in [-0.3, -0.25) is 9.78 Å². The van der Waals surface area contributed by atoms with Crippen LogP contribution in [-0.2, 0) is 10.0 Å². The zero-order valence-electron chi connectivity index (χ0n) is 13.8. The maximum absolute atomic E-state index is 12.9. The molecule has 1 atom stereocenters. The molecule has 2 aromatic rings. The minimum atomic E-state index is -3.57. The lowest BCUT2D eigenvalue weighted by Gasteiger charge is -2.24. The highest BCUT2D eigenvalue weighted by molar-refractivity contribution is 7.89. The second kappa shape index (κ2) is 7.33. The number of hydrogen-bond acceptors (Lipinski definition) is 5. The third kappa shape index (κ3) is 3.57. The number of carbonyl (C=O) groups excluding carboxylic acids is 1. The Hall–Kier alpha value is -2.25. The van der Waals surface area contributed by atoms with Gasteiger partial charge in [0.05, 0.1) is 16.2 Å². The molecule has 6 nitrogen and oxygen atoms in total. The fourth-order valence-electron chi connectivity index (χ4n) is 3.25. The minimum absolute atomic E-state index is 0.148. The van der Waals surface area contributed by atoms with Crippen molar-refractivity contribution in [3.63, 3.8) is 0 Å². The lowest BCUT2D eigenvalue weighted by atomic mass is 9.95. The van der Waals surface area contributed by atoms with Crippen molar-refractivity contribution in [3.05, 3.63) is 53.9 Å². The lowest BCUT2D eigenvalue weighted by molar-refractivity contribution is 0.112. The lowest BCUT2D eigenvalue weighted by Crippen LogP contribution is -2.34. The number of rotatable bonds is 4. The highest BCUT2D eigenvalue weighted by Gasteiger charge is 2.31. The summed E-state index contributed by atoms with van der Waals surface area (Å²) in [5.74, 6) is -0.148. The maximum atomic E-state index is 12.9. The van der Waals surface area contributed by atoms with E-state index in [2.05, 4.69) is 4.98 Å². The topological polar surface area (TPSA) is 93.4 Å². The van der Waals surface area contributed by atoms with Crippen LogP contribution in [0.1, 0.15) is 41.2 Å². The van der Waals surface area contributed by atoms with Crippen molar-refractivity contribution >= 4 is 22.0 Å². The van der Waals surface area contributed by atoms with Crippen molar-refractivity contribution in [1.29, 1.82) is 0 Å². The van der Waals surface area contributed by atoms with Crippen molar-refractivity contribution in [2.24, 2.45) is 0 Å². The van der Waals surface area contributed by atoms with Crippen LogP contribution in [0.15, 0.2) is 47.5 Å². The molecule has 0 bridgehead atoms. The molecule has 0 amide bonds. The summed E-state index contributed by atoms with van der Waals surface area (Å²) < 4.78 is 27.4. The van der Waals surface area contributed by atoms with Crippen LogP contribution in [0.4, 0.5) is 5.69 Å². The molecule has 7 heteroatoms. The number of benzene rings is 1. The zero-order valence-corrected chi connectivity index (χ0v) is 14.7. The number of aromatic nitrogens is 1. The van der Waals surface area contributed by atoms with Gasteiger partial charge in [-0.1, -0.05) is 24.6 Å². The molecule has 1 aliphatic heterocycles. The van der Waals surface area contributed by atoms with Gasteiger partial charge >= 0.3 is 0 Å². The van der Waals surface area contributed by atoms with Crippen LogP contribution in [0.3, 0.4) is 0 Å². The summed E-state index contributed by atoms with van der Waals surface area (Å²) in [6.07, 6.45) is 4.71. The SMILES string of the molecule is Nc1ccnc(C2CCCCN(S(=O)(=O)c3ccccc3)C2)c1C=O. The van der Waals surface area contributed by atoms with E-state index in [4.69, 9.17) is 5.73 Å². The molecular formula is C18H21N3O3S. The van der Waals surface area contributed by atoms with Crippen LogP contribution < -0.4 is 5.73 Å². The standard InChI is InChI=1S/C18H21N3O3S/c19-17-9-10-20-18(16(17)13-22)14-6-4-5-11-21(12-14)25(23,24)15-7-2-1-3-8-15/h1-3,7-10,13-14H,4-6,11-12H2,(H2,19,20). The molecule has 0 spiro atoms. The highest BCUT2D eigenvalue weighted by Crippen LogP contribution is 2.31. The second-order valence-corrected chi connectivity index (χ2v) is 8.12. The summed E-state index contributed by atoms with van der Waals surface area (Å²) in [7, 11) is -3.57. The van der Waals surface area contributed by atoms with Crippen LogP contribution in [0.25, 0.3) is 0 Å². The predicted molar refractivity (Wildman–Crippen MR) is 95.8 cm³/mol. The van der Waals surface area contributed by atoms with E-state index in [-0.39, 0.29) is 10.8 Å². The Morgan fingerprint density at radius 1 is 1.16 bits per heavy atom. The number of nitrogens with zero attached hydrogens (tertiary/aromatic N) is 2. The number of sulfonamides is 1. The van der Waals surface area contributed by atoms with Gasteiger partial charge in [-0.15, -0.1) is 0 Å². The van der Waals surface area contributed by atoms with E-state index in [0.717, 1.165) is 19.3 Å². The number of carbonyl (C=O) groups is 1. The molecule has 1 aliphatic rings. The molecular weight excluding hydrogens is 338 g/mol. The van der Waals surface area contributed by atoms with Gasteiger partial charge in [0, 0.05) is 30.9 Å². The molecule has 0 saturated carbocycles. The summed E-state index contributed by atoms with van der Waals surface area (Å²) in [5, 5.41) is 0. The Labute approximate surface area is 147 Å². The molecule has 2 N–H and O–H groups in total. The first-order chi connectivity index (χ1) is 12.0. The molecule has 3 rings (SSSR count). The van der Waals surface area contributed by atoms with E-state index in [1.165, 1.54) is 4.31 Å². The van der Waals surface area contributed by atoms with E-state index in [1.54, 1.807) is 42.6 Å². The molecule has 0 radical (unpaired) electrons. The highest BCUT2D eigenvalue weighted by atomic mass is 32.2. The zero-order chi connectivity index (χ0) is 17.9. The van der Waals surface area contributed by atoms with Gasteiger partial charge in [-0.25, -0.2) is 8.42 Å². The molecule has 1 aromatic heterocycles. The molecule has 25 heavy (non-hydrogen) atoms. The van der Waals surface area contributed by atoms with Gasteiger partial charge in [-0.05, 0) is 31.0 Å². The van der Waals surface area contributed by atoms with Gasteiger partial charge < -0.3 is 5.73 Å². The summed E-state index contributed by atoms with van der Waals surface area (Å²) in [5.41, 5.74) is 7.22. The van der Waals surface area contributed by atoms with E-state index < -0.39 is 10.0 Å². The monoisotopic (exact) mass is 359 g/mol. The summed E-state index contributed by atoms with van der Waals surface area (Å²) in [6.45, 7) is 0.765. The first kappa shape index (κ1) is 17.6. The van der Waals surface area contributed by atoms with E-state index in [0.29, 0.717) is 36.3 Å². The summed E-state index contributed by atoms with van der Waals surface area (Å²) in [6, 6.07) is 10.0. The first-order valence-electron chi connectivity index (χ1n) is 8.29. The van der Waals surface area contributed by atoms with Crippen molar-refractivity contribution in [1.82, 2.24) is 9.29 Å². The van der Waals surface area contributed by atoms with Crippen LogP contribution in [0.5, 0.6) is 0 Å². The Morgan fingerprint density at radius 3 is 2.64 bits per heavy atom. The molecule has 0 aliphatic carbocycles. The summed E-state index contributed by atoms with van der Waals surface area (Å²) >= 11 is 0. The number of pyridine rings is 1. The Kier molecular flexibility index (Phi) is 5.15. The number of anilines is 1.